The first kappa shape index (κ1) is 35.5. The van der Waals surface area contributed by atoms with Crippen molar-refractivity contribution in [3.63, 3.8) is 0 Å². The van der Waals surface area contributed by atoms with Crippen molar-refractivity contribution in [1.82, 2.24) is 14.5 Å². The lowest BCUT2D eigenvalue weighted by Crippen LogP contribution is -2.31. The van der Waals surface area contributed by atoms with E-state index in [0.29, 0.717) is 24.9 Å². The van der Waals surface area contributed by atoms with Crippen LogP contribution in [0, 0.1) is 5.92 Å². The number of allylic oxidation sites excluding steroid dienone is 5. The largest absolute Gasteiger partial charge is 0.392 e. The predicted octanol–water partition coefficient (Wildman–Crippen LogP) is 7.51. The molecular formula is C35H57N5O2. The quantitative estimate of drug-likeness (QED) is 0.254. The SMILES string of the molecule is C/C=C(/C)N=C(CCn1c(NC2CCCN(CC3C=CC=CCC3)CC2)nc2ccc(CO)cc21)C(C)O.CC.CC. The molecule has 0 saturated carbocycles. The summed E-state index contributed by atoms with van der Waals surface area (Å²) in [6.07, 6.45) is 16.8. The highest BCUT2D eigenvalue weighted by Crippen LogP contribution is 2.25. The van der Waals surface area contributed by atoms with Crippen molar-refractivity contribution >= 4 is 22.7 Å². The summed E-state index contributed by atoms with van der Waals surface area (Å²) >= 11 is 0. The van der Waals surface area contributed by atoms with Gasteiger partial charge in [-0.1, -0.05) is 64.1 Å². The Morgan fingerprint density at radius 1 is 1.14 bits per heavy atom. The van der Waals surface area contributed by atoms with E-state index in [2.05, 4.69) is 44.1 Å². The fraction of sp³-hybridized carbons (Fsp3) is 0.600. The van der Waals surface area contributed by atoms with E-state index >= 15 is 0 Å². The first-order chi connectivity index (χ1) is 20.5. The third kappa shape index (κ3) is 10.8. The number of imidazole rings is 1. The van der Waals surface area contributed by atoms with Crippen molar-refractivity contribution in [3.8, 4) is 0 Å². The van der Waals surface area contributed by atoms with Crippen molar-refractivity contribution in [1.29, 1.82) is 0 Å². The van der Waals surface area contributed by atoms with E-state index in [1.165, 1.54) is 19.3 Å². The van der Waals surface area contributed by atoms with Crippen LogP contribution >= 0.6 is 0 Å². The summed E-state index contributed by atoms with van der Waals surface area (Å²) in [7, 11) is 0. The van der Waals surface area contributed by atoms with Gasteiger partial charge in [0.25, 0.3) is 0 Å². The molecule has 2 heterocycles. The summed E-state index contributed by atoms with van der Waals surface area (Å²) in [5.41, 5.74) is 4.44. The fourth-order valence-corrected chi connectivity index (χ4v) is 5.43. The molecule has 1 fully saturated rings. The Morgan fingerprint density at radius 3 is 2.64 bits per heavy atom. The number of nitrogens with one attached hydrogen (secondary N) is 1. The van der Waals surface area contributed by atoms with Crippen LogP contribution in [-0.4, -0.2) is 62.2 Å². The molecule has 42 heavy (non-hydrogen) atoms. The number of aryl methyl sites for hydroxylation is 1. The van der Waals surface area contributed by atoms with E-state index < -0.39 is 6.10 Å². The van der Waals surface area contributed by atoms with Crippen LogP contribution in [0.3, 0.4) is 0 Å². The van der Waals surface area contributed by atoms with E-state index in [0.717, 1.165) is 66.4 Å². The van der Waals surface area contributed by atoms with Gasteiger partial charge in [0, 0.05) is 43.5 Å². The highest BCUT2D eigenvalue weighted by atomic mass is 16.3. The second-order valence-corrected chi connectivity index (χ2v) is 10.8. The maximum Gasteiger partial charge on any atom is 0.204 e. The standard InChI is InChI=1S/C31H45N5O2.2C2H6/c1-4-23(2)32-28(24(3)38)16-19-36-30-20-26(22-37)13-14-29(30)34-31(36)33-27-12-9-17-35(18-15-27)21-25-10-7-5-6-8-11-25;2*1-2/h4-7,10,13-14,20,24-25,27,37-38H,8-9,11-12,15-19,21-22H2,1-3H3,(H,33,34);2*1-2H3/b23-4-,32-28?;;. The third-order valence-electron chi connectivity index (χ3n) is 7.79. The summed E-state index contributed by atoms with van der Waals surface area (Å²) < 4.78 is 2.20. The van der Waals surface area contributed by atoms with Gasteiger partial charge in [0.1, 0.15) is 0 Å². The fourth-order valence-electron chi connectivity index (χ4n) is 5.43. The zero-order valence-corrected chi connectivity index (χ0v) is 27.3. The molecule has 0 radical (unpaired) electrons. The van der Waals surface area contributed by atoms with Gasteiger partial charge in [0.2, 0.25) is 5.95 Å². The molecule has 4 rings (SSSR count). The zero-order chi connectivity index (χ0) is 30.9. The lowest BCUT2D eigenvalue weighted by atomic mass is 10.0. The summed E-state index contributed by atoms with van der Waals surface area (Å²) in [4.78, 5) is 12.2. The second kappa shape index (κ2) is 19.4. The van der Waals surface area contributed by atoms with E-state index in [1.807, 2.05) is 65.8 Å². The molecule has 2 aromatic rings. The second-order valence-electron chi connectivity index (χ2n) is 10.8. The monoisotopic (exact) mass is 579 g/mol. The van der Waals surface area contributed by atoms with Crippen LogP contribution in [-0.2, 0) is 13.2 Å². The van der Waals surface area contributed by atoms with E-state index in [-0.39, 0.29) is 6.61 Å². The highest BCUT2D eigenvalue weighted by Gasteiger charge is 2.22. The van der Waals surface area contributed by atoms with Crippen molar-refractivity contribution in [2.24, 2.45) is 10.9 Å². The minimum absolute atomic E-state index is 0.00451. The molecule has 0 amide bonds. The van der Waals surface area contributed by atoms with Crippen molar-refractivity contribution < 1.29 is 10.2 Å². The van der Waals surface area contributed by atoms with Gasteiger partial charge < -0.3 is 25.0 Å². The Labute approximate surface area is 255 Å². The molecule has 0 bridgehead atoms. The Bertz CT molecular complexity index is 1180. The molecule has 1 aliphatic carbocycles. The molecular weight excluding hydrogens is 522 g/mol. The van der Waals surface area contributed by atoms with E-state index in [4.69, 9.17) is 4.98 Å². The number of nitrogens with zero attached hydrogens (tertiary/aromatic N) is 4. The number of anilines is 1. The van der Waals surface area contributed by atoms with Gasteiger partial charge in [0.05, 0.1) is 23.7 Å². The summed E-state index contributed by atoms with van der Waals surface area (Å²) in [5.74, 6) is 1.49. The first-order valence-electron chi connectivity index (χ1n) is 16.3. The van der Waals surface area contributed by atoms with E-state index in [9.17, 15) is 10.2 Å². The number of aliphatic hydroxyl groups is 2. The number of hydrogen-bond acceptors (Lipinski definition) is 6. The lowest BCUT2D eigenvalue weighted by molar-refractivity contribution is 0.252. The van der Waals surface area contributed by atoms with Crippen LogP contribution in [0.1, 0.15) is 92.6 Å². The van der Waals surface area contributed by atoms with Crippen LogP contribution in [0.5, 0.6) is 0 Å². The van der Waals surface area contributed by atoms with Crippen molar-refractivity contribution in [2.45, 2.75) is 112 Å². The number of likely N-dealkylation sites (tertiary alicyclic amines) is 1. The molecule has 0 spiro atoms. The molecule has 7 heteroatoms. The Hall–Kier alpha value is -2.74. The first-order valence-corrected chi connectivity index (χ1v) is 16.3. The molecule has 1 aromatic heterocycles. The van der Waals surface area contributed by atoms with Crippen LogP contribution in [0.15, 0.2) is 59.3 Å². The molecule has 1 aliphatic heterocycles. The average Bonchev–Trinajstić information content (AvgIpc) is 3.19. The predicted molar refractivity (Wildman–Crippen MR) is 180 cm³/mol. The zero-order valence-electron chi connectivity index (χ0n) is 27.3. The number of aliphatic imine (C=N–C) groups is 1. The summed E-state index contributed by atoms with van der Waals surface area (Å²) in [5, 5.41) is 23.9. The smallest absolute Gasteiger partial charge is 0.204 e. The Morgan fingerprint density at radius 2 is 1.93 bits per heavy atom. The third-order valence-corrected chi connectivity index (χ3v) is 7.79. The Kier molecular flexibility index (Phi) is 16.4. The lowest BCUT2D eigenvalue weighted by Gasteiger charge is -2.24. The molecule has 7 nitrogen and oxygen atoms in total. The molecule has 3 N–H and O–H groups in total. The van der Waals surface area contributed by atoms with E-state index in [1.54, 1.807) is 6.92 Å². The molecule has 1 saturated heterocycles. The molecule has 234 valence electrons. The summed E-state index contributed by atoms with van der Waals surface area (Å²) in [6.45, 7) is 17.7. The Balaban J connectivity index is 0.00000148. The number of hydrogen-bond donors (Lipinski definition) is 3. The minimum atomic E-state index is -0.615. The van der Waals surface area contributed by atoms with Gasteiger partial charge in [-0.3, -0.25) is 4.99 Å². The average molecular weight is 580 g/mol. The van der Waals surface area contributed by atoms with Crippen molar-refractivity contribution in [2.75, 3.05) is 25.0 Å². The number of aliphatic hydroxyl groups excluding tert-OH is 2. The van der Waals surface area contributed by atoms with Crippen LogP contribution in [0.4, 0.5) is 5.95 Å². The highest BCUT2D eigenvalue weighted by molar-refractivity contribution is 5.89. The topological polar surface area (TPSA) is 85.9 Å². The number of fused-ring (bicyclic) bond motifs is 1. The molecule has 3 unspecified atom stereocenters. The minimum Gasteiger partial charge on any atom is -0.392 e. The number of rotatable bonds is 10. The van der Waals surface area contributed by atoms with Gasteiger partial charge in [-0.05, 0) is 83.0 Å². The van der Waals surface area contributed by atoms with Crippen LogP contribution in [0.2, 0.25) is 0 Å². The molecule has 1 aromatic carbocycles. The van der Waals surface area contributed by atoms with Gasteiger partial charge in [-0.15, -0.1) is 0 Å². The van der Waals surface area contributed by atoms with Gasteiger partial charge in [0.15, 0.2) is 0 Å². The van der Waals surface area contributed by atoms with Gasteiger partial charge in [-0.25, -0.2) is 4.98 Å². The maximum atomic E-state index is 10.4. The van der Waals surface area contributed by atoms with Gasteiger partial charge in [-0.2, -0.15) is 0 Å². The normalized spacial score (nSPS) is 20.6. The van der Waals surface area contributed by atoms with Gasteiger partial charge >= 0.3 is 0 Å². The maximum absolute atomic E-state index is 10.4. The number of aromatic nitrogens is 2. The summed E-state index contributed by atoms with van der Waals surface area (Å²) in [6, 6.07) is 6.30. The van der Waals surface area contributed by atoms with Crippen molar-refractivity contribution in [3.05, 3.63) is 59.8 Å². The molecule has 3 atom stereocenters. The number of benzene rings is 1. The van der Waals surface area contributed by atoms with Crippen LogP contribution < -0.4 is 5.32 Å². The molecule has 2 aliphatic rings. The van der Waals surface area contributed by atoms with Crippen LogP contribution in [0.25, 0.3) is 11.0 Å².